The van der Waals surface area contributed by atoms with Gasteiger partial charge in [0.05, 0.1) is 22.6 Å². The van der Waals surface area contributed by atoms with E-state index in [1.807, 2.05) is 66.7 Å². The Morgan fingerprint density at radius 2 is 1.63 bits per heavy atom. The molecule has 4 aromatic rings. The van der Waals surface area contributed by atoms with Crippen LogP contribution in [0, 0.1) is 0 Å². The van der Waals surface area contributed by atoms with Gasteiger partial charge in [-0.15, -0.1) is 0 Å². The number of benzene rings is 3. The molecular weight excluding hydrogens is 379 g/mol. The molecule has 0 aliphatic carbocycles. The van der Waals surface area contributed by atoms with Crippen molar-refractivity contribution in [3.8, 4) is 22.7 Å². The number of halogens is 2. The minimum atomic E-state index is 0.540. The molecule has 0 saturated carbocycles. The standard InChI is InChI=1S/C22H16Cl2N2O/c23-18-8-11-22(20(24)14-18)26-21(12-13-25-26)17-6-9-19(10-7-17)27-15-16-4-2-1-3-5-16/h1-14H,15H2. The quantitative estimate of drug-likeness (QED) is 0.390. The first-order valence-electron chi connectivity index (χ1n) is 8.47. The van der Waals surface area contributed by atoms with Crippen LogP contribution in [0.25, 0.3) is 16.9 Å². The lowest BCUT2D eigenvalue weighted by atomic mass is 10.1. The lowest BCUT2D eigenvalue weighted by Gasteiger charge is -2.11. The highest BCUT2D eigenvalue weighted by Crippen LogP contribution is 2.29. The summed E-state index contributed by atoms with van der Waals surface area (Å²) in [7, 11) is 0. The summed E-state index contributed by atoms with van der Waals surface area (Å²) < 4.78 is 7.66. The topological polar surface area (TPSA) is 27.1 Å². The third kappa shape index (κ3) is 4.00. The minimum absolute atomic E-state index is 0.540. The molecule has 0 aliphatic heterocycles. The van der Waals surface area contributed by atoms with Gasteiger partial charge in [-0.05, 0) is 54.1 Å². The van der Waals surface area contributed by atoms with Crippen molar-refractivity contribution in [2.45, 2.75) is 6.61 Å². The van der Waals surface area contributed by atoms with Gasteiger partial charge in [-0.1, -0.05) is 53.5 Å². The van der Waals surface area contributed by atoms with Gasteiger partial charge in [-0.2, -0.15) is 5.10 Å². The second-order valence-corrected chi connectivity index (χ2v) is 6.87. The summed E-state index contributed by atoms with van der Waals surface area (Å²) in [5.74, 6) is 0.818. The molecule has 1 heterocycles. The van der Waals surface area contributed by atoms with E-state index in [0.717, 1.165) is 28.3 Å². The molecule has 134 valence electrons. The van der Waals surface area contributed by atoms with Crippen LogP contribution in [0.15, 0.2) is 85.1 Å². The number of nitrogens with zero attached hydrogens (tertiary/aromatic N) is 2. The fourth-order valence-corrected chi connectivity index (χ4v) is 3.32. The van der Waals surface area contributed by atoms with Crippen LogP contribution in [-0.4, -0.2) is 9.78 Å². The average molecular weight is 395 g/mol. The van der Waals surface area contributed by atoms with E-state index in [1.165, 1.54) is 0 Å². The Morgan fingerprint density at radius 3 is 2.37 bits per heavy atom. The lowest BCUT2D eigenvalue weighted by Crippen LogP contribution is -2.00. The number of aromatic nitrogens is 2. The van der Waals surface area contributed by atoms with Crippen molar-refractivity contribution in [2.24, 2.45) is 0 Å². The van der Waals surface area contributed by atoms with Gasteiger partial charge in [-0.3, -0.25) is 0 Å². The molecule has 0 unspecified atom stereocenters. The average Bonchev–Trinajstić information content (AvgIpc) is 3.17. The van der Waals surface area contributed by atoms with Crippen LogP contribution in [0.5, 0.6) is 5.75 Å². The van der Waals surface area contributed by atoms with Crippen LogP contribution >= 0.6 is 23.2 Å². The van der Waals surface area contributed by atoms with Crippen LogP contribution in [0.3, 0.4) is 0 Å². The zero-order valence-corrected chi connectivity index (χ0v) is 15.9. The maximum atomic E-state index is 6.34. The van der Waals surface area contributed by atoms with Gasteiger partial charge >= 0.3 is 0 Å². The van der Waals surface area contributed by atoms with Crippen molar-refractivity contribution < 1.29 is 4.74 Å². The summed E-state index contributed by atoms with van der Waals surface area (Å²) in [6, 6.07) is 25.4. The van der Waals surface area contributed by atoms with Gasteiger partial charge < -0.3 is 4.74 Å². The van der Waals surface area contributed by atoms with Gasteiger partial charge in [0.2, 0.25) is 0 Å². The van der Waals surface area contributed by atoms with E-state index in [0.29, 0.717) is 16.7 Å². The maximum absolute atomic E-state index is 6.34. The number of rotatable bonds is 5. The van der Waals surface area contributed by atoms with Crippen LogP contribution in [0.2, 0.25) is 10.0 Å². The van der Waals surface area contributed by atoms with Crippen molar-refractivity contribution in [3.05, 3.63) is 101 Å². The van der Waals surface area contributed by atoms with Crippen LogP contribution in [0.1, 0.15) is 5.56 Å². The van der Waals surface area contributed by atoms with Crippen molar-refractivity contribution >= 4 is 23.2 Å². The Kier molecular flexibility index (Phi) is 5.14. The van der Waals surface area contributed by atoms with Crippen molar-refractivity contribution in [2.75, 3.05) is 0 Å². The summed E-state index contributed by atoms with van der Waals surface area (Å²) in [4.78, 5) is 0. The highest BCUT2D eigenvalue weighted by atomic mass is 35.5. The van der Waals surface area contributed by atoms with E-state index in [1.54, 1.807) is 23.0 Å². The first kappa shape index (κ1) is 17.7. The van der Waals surface area contributed by atoms with Crippen LogP contribution in [-0.2, 0) is 6.61 Å². The first-order valence-corrected chi connectivity index (χ1v) is 9.23. The van der Waals surface area contributed by atoms with E-state index in [2.05, 4.69) is 5.10 Å². The predicted molar refractivity (Wildman–Crippen MR) is 110 cm³/mol. The molecule has 0 spiro atoms. The second-order valence-electron chi connectivity index (χ2n) is 6.02. The number of hydrogen-bond acceptors (Lipinski definition) is 2. The molecular formula is C22H16Cl2N2O. The molecule has 0 aliphatic rings. The van der Waals surface area contributed by atoms with Gasteiger partial charge in [0.1, 0.15) is 12.4 Å². The zero-order chi connectivity index (χ0) is 18.6. The van der Waals surface area contributed by atoms with E-state index in [4.69, 9.17) is 27.9 Å². The smallest absolute Gasteiger partial charge is 0.119 e. The van der Waals surface area contributed by atoms with Gasteiger partial charge in [0, 0.05) is 10.6 Å². The molecule has 0 bridgehead atoms. The predicted octanol–water partition coefficient (Wildman–Crippen LogP) is 6.43. The summed E-state index contributed by atoms with van der Waals surface area (Å²) in [6.07, 6.45) is 1.75. The van der Waals surface area contributed by atoms with Gasteiger partial charge in [0.25, 0.3) is 0 Å². The van der Waals surface area contributed by atoms with E-state index < -0.39 is 0 Å². The molecule has 3 aromatic carbocycles. The first-order chi connectivity index (χ1) is 13.2. The molecule has 5 heteroatoms. The summed E-state index contributed by atoms with van der Waals surface area (Å²) in [6.45, 7) is 0.540. The van der Waals surface area contributed by atoms with Gasteiger partial charge in [0.15, 0.2) is 0 Å². The zero-order valence-electron chi connectivity index (χ0n) is 14.3. The molecule has 0 atom stereocenters. The fourth-order valence-electron chi connectivity index (χ4n) is 2.83. The normalized spacial score (nSPS) is 10.7. The molecule has 4 rings (SSSR count). The third-order valence-corrected chi connectivity index (χ3v) is 4.72. The van der Waals surface area contributed by atoms with E-state index >= 15 is 0 Å². The van der Waals surface area contributed by atoms with E-state index in [9.17, 15) is 0 Å². The largest absolute Gasteiger partial charge is 0.489 e. The molecule has 0 amide bonds. The molecule has 0 radical (unpaired) electrons. The maximum Gasteiger partial charge on any atom is 0.119 e. The van der Waals surface area contributed by atoms with Crippen LogP contribution < -0.4 is 4.74 Å². The monoisotopic (exact) mass is 394 g/mol. The fraction of sp³-hybridized carbons (Fsp3) is 0.0455. The Hall–Kier alpha value is -2.75. The molecule has 1 aromatic heterocycles. The highest BCUT2D eigenvalue weighted by molar-refractivity contribution is 6.35. The summed E-state index contributed by atoms with van der Waals surface area (Å²) in [5.41, 5.74) is 3.88. The third-order valence-electron chi connectivity index (χ3n) is 4.18. The Labute approximate surface area is 167 Å². The Morgan fingerprint density at radius 1 is 0.852 bits per heavy atom. The Bertz CT molecular complexity index is 1040. The second kappa shape index (κ2) is 7.87. The van der Waals surface area contributed by atoms with Crippen molar-refractivity contribution in [1.29, 1.82) is 0 Å². The molecule has 27 heavy (non-hydrogen) atoms. The molecule has 0 saturated heterocycles. The minimum Gasteiger partial charge on any atom is -0.489 e. The highest BCUT2D eigenvalue weighted by Gasteiger charge is 2.11. The SMILES string of the molecule is Clc1ccc(-n2nccc2-c2ccc(OCc3ccccc3)cc2)c(Cl)c1. The van der Waals surface area contributed by atoms with Gasteiger partial charge in [-0.25, -0.2) is 4.68 Å². The van der Waals surface area contributed by atoms with Crippen molar-refractivity contribution in [1.82, 2.24) is 9.78 Å². The van der Waals surface area contributed by atoms with Crippen LogP contribution in [0.4, 0.5) is 0 Å². The van der Waals surface area contributed by atoms with Crippen molar-refractivity contribution in [3.63, 3.8) is 0 Å². The van der Waals surface area contributed by atoms with E-state index in [-0.39, 0.29) is 0 Å². The lowest BCUT2D eigenvalue weighted by molar-refractivity contribution is 0.306. The molecule has 3 nitrogen and oxygen atoms in total. The molecule has 0 N–H and O–H groups in total. The Balaban J connectivity index is 1.55. The summed E-state index contributed by atoms with van der Waals surface area (Å²) >= 11 is 12.3. The molecule has 0 fully saturated rings. The summed E-state index contributed by atoms with van der Waals surface area (Å²) in [5, 5.41) is 5.56. The number of hydrogen-bond donors (Lipinski definition) is 0. The number of ether oxygens (including phenoxy) is 1.